The molecule has 1 aliphatic rings. The summed E-state index contributed by atoms with van der Waals surface area (Å²) in [6.07, 6.45) is 0.783. The SMILES string of the molecule is C[C@H](F)c1nc(N)nc(N[C@H](C)C2Cc3ccccc3C2)n1. The van der Waals surface area contributed by atoms with Crippen LogP contribution in [-0.2, 0) is 12.8 Å². The molecule has 0 saturated carbocycles. The molecule has 1 aromatic carbocycles. The van der Waals surface area contributed by atoms with Gasteiger partial charge in [0.15, 0.2) is 12.0 Å². The minimum Gasteiger partial charge on any atom is -0.368 e. The van der Waals surface area contributed by atoms with E-state index in [0.717, 1.165) is 12.8 Å². The van der Waals surface area contributed by atoms with Crippen LogP contribution in [-0.4, -0.2) is 21.0 Å². The lowest BCUT2D eigenvalue weighted by Gasteiger charge is -2.20. The van der Waals surface area contributed by atoms with Crippen LogP contribution in [0.4, 0.5) is 16.3 Å². The van der Waals surface area contributed by atoms with Crippen LogP contribution < -0.4 is 11.1 Å². The first-order valence-electron chi connectivity index (χ1n) is 7.51. The first-order chi connectivity index (χ1) is 10.5. The number of fused-ring (bicyclic) bond motifs is 1. The van der Waals surface area contributed by atoms with Crippen molar-refractivity contribution in [3.8, 4) is 0 Å². The molecule has 0 aliphatic heterocycles. The molecular formula is C16H20FN5. The molecule has 0 fully saturated rings. The first-order valence-corrected chi connectivity index (χ1v) is 7.51. The van der Waals surface area contributed by atoms with Gasteiger partial charge in [0.05, 0.1) is 0 Å². The predicted octanol–water partition coefficient (Wildman–Crippen LogP) is 2.70. The Morgan fingerprint density at radius 3 is 2.36 bits per heavy atom. The van der Waals surface area contributed by atoms with Gasteiger partial charge in [0.1, 0.15) is 0 Å². The summed E-state index contributed by atoms with van der Waals surface area (Å²) in [5, 5.41) is 3.25. The van der Waals surface area contributed by atoms with Gasteiger partial charge in [0.25, 0.3) is 0 Å². The first kappa shape index (κ1) is 14.7. The molecule has 0 saturated heterocycles. The maximum atomic E-state index is 13.4. The van der Waals surface area contributed by atoms with Crippen molar-refractivity contribution in [2.75, 3.05) is 11.1 Å². The molecule has 1 aromatic heterocycles. The van der Waals surface area contributed by atoms with E-state index < -0.39 is 6.17 Å². The third-order valence-corrected chi connectivity index (χ3v) is 4.17. The molecule has 0 amide bonds. The van der Waals surface area contributed by atoms with Crippen molar-refractivity contribution in [3.05, 3.63) is 41.2 Å². The van der Waals surface area contributed by atoms with Crippen LogP contribution in [0.15, 0.2) is 24.3 Å². The second kappa shape index (κ2) is 5.87. The highest BCUT2D eigenvalue weighted by Crippen LogP contribution is 2.29. The Morgan fingerprint density at radius 1 is 1.14 bits per heavy atom. The molecule has 22 heavy (non-hydrogen) atoms. The van der Waals surface area contributed by atoms with E-state index in [4.69, 9.17) is 5.73 Å². The maximum Gasteiger partial charge on any atom is 0.228 e. The summed E-state index contributed by atoms with van der Waals surface area (Å²) in [5.41, 5.74) is 8.42. The van der Waals surface area contributed by atoms with E-state index >= 15 is 0 Å². The van der Waals surface area contributed by atoms with E-state index in [1.165, 1.54) is 18.1 Å². The van der Waals surface area contributed by atoms with Crippen molar-refractivity contribution in [1.29, 1.82) is 0 Å². The van der Waals surface area contributed by atoms with Crippen molar-refractivity contribution in [3.63, 3.8) is 0 Å². The fraction of sp³-hybridized carbons (Fsp3) is 0.438. The molecular weight excluding hydrogens is 281 g/mol. The van der Waals surface area contributed by atoms with Crippen LogP contribution in [0.5, 0.6) is 0 Å². The number of benzene rings is 1. The van der Waals surface area contributed by atoms with Gasteiger partial charge < -0.3 is 11.1 Å². The number of nitrogens with zero attached hydrogens (tertiary/aromatic N) is 3. The zero-order chi connectivity index (χ0) is 15.7. The predicted molar refractivity (Wildman–Crippen MR) is 84.2 cm³/mol. The van der Waals surface area contributed by atoms with Gasteiger partial charge in [-0.2, -0.15) is 15.0 Å². The van der Waals surface area contributed by atoms with Gasteiger partial charge in [-0.1, -0.05) is 24.3 Å². The molecule has 3 N–H and O–H groups in total. The number of anilines is 2. The average Bonchev–Trinajstić information content (AvgIpc) is 2.90. The fourth-order valence-electron chi connectivity index (χ4n) is 2.92. The number of nitrogens with two attached hydrogens (primary N) is 1. The molecule has 2 atom stereocenters. The molecule has 0 bridgehead atoms. The Kier molecular flexibility index (Phi) is 3.92. The van der Waals surface area contributed by atoms with Crippen LogP contribution >= 0.6 is 0 Å². The zero-order valence-electron chi connectivity index (χ0n) is 12.8. The van der Waals surface area contributed by atoms with E-state index in [1.807, 2.05) is 0 Å². The highest BCUT2D eigenvalue weighted by Gasteiger charge is 2.26. The van der Waals surface area contributed by atoms with Crippen LogP contribution in [0, 0.1) is 5.92 Å². The summed E-state index contributed by atoms with van der Waals surface area (Å²) in [6.45, 7) is 3.48. The second-order valence-corrected chi connectivity index (χ2v) is 5.86. The highest BCUT2D eigenvalue weighted by molar-refractivity contribution is 5.36. The van der Waals surface area contributed by atoms with E-state index in [0.29, 0.717) is 11.9 Å². The fourth-order valence-corrected chi connectivity index (χ4v) is 2.92. The molecule has 116 valence electrons. The van der Waals surface area contributed by atoms with Crippen molar-refractivity contribution in [2.24, 2.45) is 5.92 Å². The lowest BCUT2D eigenvalue weighted by Crippen LogP contribution is -2.28. The molecule has 0 radical (unpaired) electrons. The monoisotopic (exact) mass is 301 g/mol. The Morgan fingerprint density at radius 2 is 1.77 bits per heavy atom. The lowest BCUT2D eigenvalue weighted by atomic mass is 9.98. The largest absolute Gasteiger partial charge is 0.368 e. The smallest absolute Gasteiger partial charge is 0.228 e. The van der Waals surface area contributed by atoms with Crippen LogP contribution in [0.25, 0.3) is 0 Å². The quantitative estimate of drug-likeness (QED) is 0.908. The van der Waals surface area contributed by atoms with Crippen LogP contribution in [0.3, 0.4) is 0 Å². The van der Waals surface area contributed by atoms with Gasteiger partial charge >= 0.3 is 0 Å². The molecule has 5 nitrogen and oxygen atoms in total. The zero-order valence-corrected chi connectivity index (χ0v) is 12.8. The Balaban J connectivity index is 1.72. The Hall–Kier alpha value is -2.24. The number of rotatable bonds is 4. The number of nitrogen functional groups attached to an aromatic ring is 1. The van der Waals surface area contributed by atoms with Crippen molar-refractivity contribution >= 4 is 11.9 Å². The van der Waals surface area contributed by atoms with Gasteiger partial charge in [-0.05, 0) is 43.7 Å². The molecule has 3 rings (SSSR count). The lowest BCUT2D eigenvalue weighted by molar-refractivity contribution is 0.356. The molecule has 1 aliphatic carbocycles. The molecule has 0 spiro atoms. The number of hydrogen-bond donors (Lipinski definition) is 2. The van der Waals surface area contributed by atoms with Crippen molar-refractivity contribution < 1.29 is 4.39 Å². The van der Waals surface area contributed by atoms with E-state index in [-0.39, 0.29) is 17.8 Å². The van der Waals surface area contributed by atoms with E-state index in [1.54, 1.807) is 0 Å². The van der Waals surface area contributed by atoms with Crippen LogP contribution in [0.2, 0.25) is 0 Å². The number of nitrogens with one attached hydrogen (secondary N) is 1. The standard InChI is InChI=1S/C16H20FN5/c1-9(17)14-20-15(18)22-16(21-14)19-10(2)13-7-11-5-3-4-6-12(11)8-13/h3-6,9-10,13H,7-8H2,1-2H3,(H3,18,19,20,21,22)/t9-,10+/m0/s1. The normalized spacial score (nSPS) is 17.0. The summed E-state index contributed by atoms with van der Waals surface area (Å²) < 4.78 is 13.4. The van der Waals surface area contributed by atoms with Gasteiger partial charge in [0.2, 0.25) is 11.9 Å². The van der Waals surface area contributed by atoms with Crippen molar-refractivity contribution in [2.45, 2.75) is 38.9 Å². The van der Waals surface area contributed by atoms with Gasteiger partial charge in [-0.3, -0.25) is 0 Å². The summed E-state index contributed by atoms with van der Waals surface area (Å²) in [4.78, 5) is 12.0. The molecule has 6 heteroatoms. The minimum atomic E-state index is -1.27. The number of halogens is 1. The third-order valence-electron chi connectivity index (χ3n) is 4.17. The van der Waals surface area contributed by atoms with Gasteiger partial charge in [-0.25, -0.2) is 4.39 Å². The topological polar surface area (TPSA) is 76.7 Å². The highest BCUT2D eigenvalue weighted by atomic mass is 19.1. The third kappa shape index (κ3) is 3.00. The Bertz CT molecular complexity index is 648. The van der Waals surface area contributed by atoms with E-state index in [9.17, 15) is 4.39 Å². The number of aromatic nitrogens is 3. The van der Waals surface area contributed by atoms with E-state index in [2.05, 4.69) is 51.5 Å². The van der Waals surface area contributed by atoms with Gasteiger partial charge in [0, 0.05) is 6.04 Å². The van der Waals surface area contributed by atoms with Crippen LogP contribution in [0.1, 0.15) is 37.0 Å². The minimum absolute atomic E-state index is 0.0407. The summed E-state index contributed by atoms with van der Waals surface area (Å²) in [5.74, 6) is 0.910. The average molecular weight is 301 g/mol. The second-order valence-electron chi connectivity index (χ2n) is 5.86. The number of hydrogen-bond acceptors (Lipinski definition) is 5. The van der Waals surface area contributed by atoms with Crippen molar-refractivity contribution in [1.82, 2.24) is 15.0 Å². The Labute approximate surface area is 129 Å². The summed E-state index contributed by atoms with van der Waals surface area (Å²) in [6, 6.07) is 8.65. The summed E-state index contributed by atoms with van der Waals surface area (Å²) >= 11 is 0. The molecule has 0 unspecified atom stereocenters. The summed E-state index contributed by atoms with van der Waals surface area (Å²) in [7, 11) is 0. The molecule has 1 heterocycles. The van der Waals surface area contributed by atoms with Gasteiger partial charge in [-0.15, -0.1) is 0 Å². The molecule has 2 aromatic rings. The number of alkyl halides is 1. The maximum absolute atomic E-state index is 13.4.